The van der Waals surface area contributed by atoms with Crippen LogP contribution in [0.25, 0.3) is 11.1 Å². The van der Waals surface area contributed by atoms with Crippen LogP contribution in [0.2, 0.25) is 0 Å². The van der Waals surface area contributed by atoms with Crippen molar-refractivity contribution in [3.8, 4) is 11.1 Å². The van der Waals surface area contributed by atoms with Crippen molar-refractivity contribution in [1.82, 2.24) is 15.5 Å². The fourth-order valence-corrected chi connectivity index (χ4v) is 3.86. The predicted octanol–water partition coefficient (Wildman–Crippen LogP) is 4.05. The normalized spacial score (nSPS) is 16.9. The number of piperidine rings is 1. The summed E-state index contributed by atoms with van der Waals surface area (Å²) in [6.45, 7) is 4.29. The van der Waals surface area contributed by atoms with E-state index in [-0.39, 0.29) is 5.41 Å². The summed E-state index contributed by atoms with van der Waals surface area (Å²) in [5.74, 6) is 0. The largest absolute Gasteiger partial charge is 0.317 e. The van der Waals surface area contributed by atoms with Gasteiger partial charge in [0, 0.05) is 17.2 Å². The van der Waals surface area contributed by atoms with Crippen LogP contribution in [0, 0.1) is 6.92 Å². The summed E-state index contributed by atoms with van der Waals surface area (Å²) >= 11 is 0. The molecule has 1 fully saturated rings. The Morgan fingerprint density at radius 1 is 0.833 bits per heavy atom. The molecule has 3 aromatic rings. The molecule has 2 aromatic carbocycles. The van der Waals surface area contributed by atoms with Gasteiger partial charge in [0.2, 0.25) is 0 Å². The van der Waals surface area contributed by atoms with E-state index in [9.17, 15) is 0 Å². The monoisotopic (exact) mass is 317 g/mol. The average Bonchev–Trinajstić information content (AvgIpc) is 3.18. The lowest BCUT2D eigenvalue weighted by atomic mass is 9.68. The molecule has 24 heavy (non-hydrogen) atoms. The zero-order valence-electron chi connectivity index (χ0n) is 14.0. The first kappa shape index (κ1) is 15.2. The van der Waals surface area contributed by atoms with Gasteiger partial charge in [-0.3, -0.25) is 5.10 Å². The van der Waals surface area contributed by atoms with Crippen LogP contribution in [0.1, 0.15) is 29.5 Å². The van der Waals surface area contributed by atoms with E-state index >= 15 is 0 Å². The predicted molar refractivity (Wildman–Crippen MR) is 98.1 cm³/mol. The summed E-state index contributed by atoms with van der Waals surface area (Å²) in [6.07, 6.45) is 6.09. The summed E-state index contributed by atoms with van der Waals surface area (Å²) < 4.78 is 0. The SMILES string of the molecule is Cc1ccc(C2(c3ccc(-c4cn[nH]c4)cc3)CCNCC2)cc1. The van der Waals surface area contributed by atoms with Gasteiger partial charge in [-0.25, -0.2) is 0 Å². The molecule has 1 aliphatic rings. The minimum atomic E-state index is 0.119. The average molecular weight is 317 g/mol. The van der Waals surface area contributed by atoms with Crippen LogP contribution in [-0.4, -0.2) is 23.3 Å². The molecular formula is C21H23N3. The van der Waals surface area contributed by atoms with Gasteiger partial charge < -0.3 is 5.32 Å². The summed E-state index contributed by atoms with van der Waals surface area (Å²) in [5.41, 5.74) is 6.63. The minimum Gasteiger partial charge on any atom is -0.317 e. The zero-order valence-corrected chi connectivity index (χ0v) is 14.0. The van der Waals surface area contributed by atoms with Crippen LogP contribution in [0.5, 0.6) is 0 Å². The van der Waals surface area contributed by atoms with E-state index in [0.29, 0.717) is 0 Å². The van der Waals surface area contributed by atoms with Crippen molar-refractivity contribution in [3.63, 3.8) is 0 Å². The molecule has 3 nitrogen and oxygen atoms in total. The smallest absolute Gasteiger partial charge is 0.0565 e. The number of aromatic amines is 1. The number of hydrogen-bond acceptors (Lipinski definition) is 2. The third kappa shape index (κ3) is 2.65. The molecule has 0 spiro atoms. The molecule has 1 aromatic heterocycles. The Kier molecular flexibility index (Phi) is 3.95. The number of nitrogens with one attached hydrogen (secondary N) is 2. The van der Waals surface area contributed by atoms with Crippen molar-refractivity contribution < 1.29 is 0 Å². The van der Waals surface area contributed by atoms with Crippen LogP contribution in [0.3, 0.4) is 0 Å². The Morgan fingerprint density at radius 3 is 2.04 bits per heavy atom. The van der Waals surface area contributed by atoms with Gasteiger partial charge in [0.15, 0.2) is 0 Å². The van der Waals surface area contributed by atoms with Gasteiger partial charge in [-0.2, -0.15) is 5.10 Å². The van der Waals surface area contributed by atoms with E-state index in [0.717, 1.165) is 31.5 Å². The maximum absolute atomic E-state index is 4.05. The van der Waals surface area contributed by atoms with Crippen LogP contribution < -0.4 is 5.32 Å². The van der Waals surface area contributed by atoms with Gasteiger partial charge in [0.1, 0.15) is 0 Å². The number of aryl methyl sites for hydroxylation is 1. The summed E-state index contributed by atoms with van der Waals surface area (Å²) in [6, 6.07) is 18.1. The zero-order chi connectivity index (χ0) is 16.4. The number of nitrogens with zero attached hydrogens (tertiary/aromatic N) is 1. The van der Waals surface area contributed by atoms with Crippen molar-refractivity contribution in [2.75, 3.05) is 13.1 Å². The second-order valence-electron chi connectivity index (χ2n) is 6.76. The highest BCUT2D eigenvalue weighted by Crippen LogP contribution is 2.40. The Labute approximate surface area is 143 Å². The topological polar surface area (TPSA) is 40.7 Å². The van der Waals surface area contributed by atoms with Crippen molar-refractivity contribution in [2.45, 2.75) is 25.2 Å². The van der Waals surface area contributed by atoms with E-state index in [2.05, 4.69) is 71.0 Å². The number of benzene rings is 2. The third-order valence-electron chi connectivity index (χ3n) is 5.33. The molecule has 2 N–H and O–H groups in total. The molecule has 0 bridgehead atoms. The molecule has 0 amide bonds. The second-order valence-corrected chi connectivity index (χ2v) is 6.76. The van der Waals surface area contributed by atoms with E-state index in [1.807, 2.05) is 12.4 Å². The first-order valence-electron chi connectivity index (χ1n) is 8.65. The van der Waals surface area contributed by atoms with Gasteiger partial charge in [-0.1, -0.05) is 54.1 Å². The lowest BCUT2D eigenvalue weighted by molar-refractivity contribution is 0.362. The lowest BCUT2D eigenvalue weighted by Crippen LogP contribution is -2.40. The molecular weight excluding hydrogens is 294 g/mol. The molecule has 0 unspecified atom stereocenters. The Hall–Kier alpha value is -2.39. The van der Waals surface area contributed by atoms with Crippen molar-refractivity contribution in [2.24, 2.45) is 0 Å². The van der Waals surface area contributed by atoms with Crippen LogP contribution in [0.15, 0.2) is 60.9 Å². The van der Waals surface area contributed by atoms with E-state index in [1.54, 1.807) is 0 Å². The van der Waals surface area contributed by atoms with Gasteiger partial charge in [0.25, 0.3) is 0 Å². The molecule has 0 saturated carbocycles. The van der Waals surface area contributed by atoms with E-state index in [4.69, 9.17) is 0 Å². The van der Waals surface area contributed by atoms with Crippen LogP contribution in [-0.2, 0) is 5.41 Å². The van der Waals surface area contributed by atoms with Gasteiger partial charge in [-0.15, -0.1) is 0 Å². The third-order valence-corrected chi connectivity index (χ3v) is 5.33. The number of rotatable bonds is 3. The van der Waals surface area contributed by atoms with Crippen molar-refractivity contribution in [3.05, 3.63) is 77.6 Å². The fraction of sp³-hybridized carbons (Fsp3) is 0.286. The standard InChI is InChI=1S/C21H23N3/c1-16-2-6-19(7-3-16)21(10-12-22-13-11-21)20-8-4-17(5-9-20)18-14-23-24-15-18/h2-9,14-15,22H,10-13H2,1H3,(H,23,24). The molecule has 4 rings (SSSR count). The van der Waals surface area contributed by atoms with E-state index in [1.165, 1.54) is 22.3 Å². The molecule has 3 heteroatoms. The van der Waals surface area contributed by atoms with Gasteiger partial charge in [-0.05, 0) is 49.5 Å². The number of hydrogen-bond donors (Lipinski definition) is 2. The summed E-state index contributed by atoms with van der Waals surface area (Å²) in [7, 11) is 0. The highest BCUT2D eigenvalue weighted by atomic mass is 15.1. The maximum Gasteiger partial charge on any atom is 0.0565 e. The van der Waals surface area contributed by atoms with E-state index < -0.39 is 0 Å². The van der Waals surface area contributed by atoms with Crippen LogP contribution >= 0.6 is 0 Å². The van der Waals surface area contributed by atoms with Crippen molar-refractivity contribution >= 4 is 0 Å². The Morgan fingerprint density at radius 2 is 1.46 bits per heavy atom. The number of H-pyrrole nitrogens is 1. The molecule has 0 aliphatic carbocycles. The molecule has 2 heterocycles. The van der Waals surface area contributed by atoms with Crippen LogP contribution in [0.4, 0.5) is 0 Å². The fourth-order valence-electron chi connectivity index (χ4n) is 3.86. The molecule has 1 saturated heterocycles. The van der Waals surface area contributed by atoms with Gasteiger partial charge in [0.05, 0.1) is 6.20 Å². The molecule has 1 aliphatic heterocycles. The first-order valence-corrected chi connectivity index (χ1v) is 8.65. The lowest BCUT2D eigenvalue weighted by Gasteiger charge is -2.39. The molecule has 0 atom stereocenters. The Bertz CT molecular complexity index is 780. The highest BCUT2D eigenvalue weighted by Gasteiger charge is 2.35. The Balaban J connectivity index is 1.75. The quantitative estimate of drug-likeness (QED) is 0.765. The second kappa shape index (κ2) is 6.25. The maximum atomic E-state index is 4.05. The summed E-state index contributed by atoms with van der Waals surface area (Å²) in [5, 5.41) is 10.4. The highest BCUT2D eigenvalue weighted by molar-refractivity contribution is 5.62. The van der Waals surface area contributed by atoms with Crippen molar-refractivity contribution in [1.29, 1.82) is 0 Å². The van der Waals surface area contributed by atoms with Gasteiger partial charge >= 0.3 is 0 Å². The molecule has 0 radical (unpaired) electrons. The minimum absolute atomic E-state index is 0.119. The first-order chi connectivity index (χ1) is 11.8. The summed E-state index contributed by atoms with van der Waals surface area (Å²) in [4.78, 5) is 0. The molecule has 122 valence electrons. The number of aromatic nitrogens is 2.